The van der Waals surface area contributed by atoms with Crippen molar-refractivity contribution in [2.45, 2.75) is 19.8 Å². The van der Waals surface area contributed by atoms with E-state index in [9.17, 15) is 14.4 Å². The van der Waals surface area contributed by atoms with Crippen LogP contribution in [-0.4, -0.2) is 77.2 Å². The molecule has 2 saturated heterocycles. The Kier molecular flexibility index (Phi) is 5.31. The third kappa shape index (κ3) is 3.97. The monoisotopic (exact) mass is 344 g/mol. The molecule has 7 nitrogen and oxygen atoms in total. The average Bonchev–Trinajstić information content (AvgIpc) is 2.67. The normalized spacial score (nSPS) is 19.0. The number of piperidine rings is 1. The van der Waals surface area contributed by atoms with Crippen LogP contribution in [0.25, 0.3) is 0 Å². The van der Waals surface area contributed by atoms with Gasteiger partial charge < -0.3 is 14.7 Å². The lowest BCUT2D eigenvalue weighted by Crippen LogP contribution is -2.48. The Balaban J connectivity index is 1.67. The van der Waals surface area contributed by atoms with Crippen molar-refractivity contribution >= 4 is 18.2 Å². The minimum Gasteiger partial charge on any atom is -0.342 e. The standard InChI is InChI=1S/C18H24N4O3/c1-14-2-4-21(5-3-14)17(24)15-10-16(12-19-11-15)18(25)22-8-6-20(13-23)7-9-22/h10-14H,2-9H2,1H3. The van der Waals surface area contributed by atoms with Crippen LogP contribution in [0.5, 0.6) is 0 Å². The van der Waals surface area contributed by atoms with Crippen molar-refractivity contribution in [2.75, 3.05) is 39.3 Å². The number of likely N-dealkylation sites (tertiary alicyclic amines) is 1. The second-order valence-corrected chi connectivity index (χ2v) is 6.87. The molecule has 25 heavy (non-hydrogen) atoms. The SMILES string of the molecule is CC1CCN(C(=O)c2cncc(C(=O)N3CCN(C=O)CC3)c2)CC1. The van der Waals surface area contributed by atoms with Gasteiger partial charge in [0.2, 0.25) is 6.41 Å². The molecular weight excluding hydrogens is 320 g/mol. The van der Waals surface area contributed by atoms with E-state index in [1.807, 2.05) is 4.90 Å². The van der Waals surface area contributed by atoms with Crippen molar-refractivity contribution in [3.63, 3.8) is 0 Å². The lowest BCUT2D eigenvalue weighted by Gasteiger charge is -2.32. The lowest BCUT2D eigenvalue weighted by molar-refractivity contribution is -0.119. The Hall–Kier alpha value is -2.44. The number of rotatable bonds is 3. The number of carbonyl (C=O) groups excluding carboxylic acids is 3. The van der Waals surface area contributed by atoms with E-state index >= 15 is 0 Å². The number of carbonyl (C=O) groups is 3. The van der Waals surface area contributed by atoms with Gasteiger partial charge in [-0.25, -0.2) is 0 Å². The van der Waals surface area contributed by atoms with Crippen molar-refractivity contribution < 1.29 is 14.4 Å². The van der Waals surface area contributed by atoms with Crippen LogP contribution in [0.3, 0.4) is 0 Å². The Morgan fingerprint density at radius 2 is 1.48 bits per heavy atom. The zero-order valence-electron chi connectivity index (χ0n) is 14.6. The first-order valence-corrected chi connectivity index (χ1v) is 8.81. The topological polar surface area (TPSA) is 73.8 Å². The van der Waals surface area contributed by atoms with Crippen LogP contribution in [0.1, 0.15) is 40.5 Å². The Morgan fingerprint density at radius 1 is 0.960 bits per heavy atom. The van der Waals surface area contributed by atoms with Crippen molar-refractivity contribution in [3.8, 4) is 0 Å². The number of amides is 3. The molecule has 7 heteroatoms. The minimum atomic E-state index is -0.139. The van der Waals surface area contributed by atoms with Crippen molar-refractivity contribution in [3.05, 3.63) is 29.6 Å². The summed E-state index contributed by atoms with van der Waals surface area (Å²) in [7, 11) is 0. The second kappa shape index (κ2) is 7.63. The summed E-state index contributed by atoms with van der Waals surface area (Å²) >= 11 is 0. The van der Waals surface area contributed by atoms with Crippen LogP contribution in [0.15, 0.2) is 18.5 Å². The zero-order chi connectivity index (χ0) is 17.8. The van der Waals surface area contributed by atoms with Crippen LogP contribution in [0.2, 0.25) is 0 Å². The molecule has 0 bridgehead atoms. The largest absolute Gasteiger partial charge is 0.342 e. The van der Waals surface area contributed by atoms with Gasteiger partial charge in [0.15, 0.2) is 0 Å². The molecule has 0 spiro atoms. The molecular formula is C18H24N4O3. The predicted octanol–water partition coefficient (Wildman–Crippen LogP) is 0.868. The third-order valence-electron chi connectivity index (χ3n) is 5.05. The maximum absolute atomic E-state index is 12.7. The molecule has 134 valence electrons. The fourth-order valence-electron chi connectivity index (χ4n) is 3.28. The van der Waals surface area contributed by atoms with Crippen molar-refractivity contribution in [2.24, 2.45) is 5.92 Å². The van der Waals surface area contributed by atoms with Gasteiger partial charge in [0.05, 0.1) is 11.1 Å². The zero-order valence-corrected chi connectivity index (χ0v) is 14.6. The average molecular weight is 344 g/mol. The number of nitrogens with zero attached hydrogens (tertiary/aromatic N) is 4. The fraction of sp³-hybridized carbons (Fsp3) is 0.556. The predicted molar refractivity (Wildman–Crippen MR) is 92.1 cm³/mol. The summed E-state index contributed by atoms with van der Waals surface area (Å²) < 4.78 is 0. The van der Waals surface area contributed by atoms with Gasteiger partial charge >= 0.3 is 0 Å². The summed E-state index contributed by atoms with van der Waals surface area (Å²) in [5, 5.41) is 0. The smallest absolute Gasteiger partial charge is 0.255 e. The van der Waals surface area contributed by atoms with Crippen LogP contribution in [0.4, 0.5) is 0 Å². The molecule has 3 amide bonds. The maximum Gasteiger partial charge on any atom is 0.255 e. The molecule has 2 fully saturated rings. The molecule has 0 radical (unpaired) electrons. The molecule has 0 saturated carbocycles. The van der Waals surface area contributed by atoms with Gasteiger partial charge in [-0.05, 0) is 24.8 Å². The Morgan fingerprint density at radius 3 is 2.00 bits per heavy atom. The summed E-state index contributed by atoms with van der Waals surface area (Å²) in [5.41, 5.74) is 0.891. The molecule has 0 atom stereocenters. The number of aromatic nitrogens is 1. The molecule has 0 N–H and O–H groups in total. The number of pyridine rings is 1. The van der Waals surface area contributed by atoms with E-state index in [2.05, 4.69) is 11.9 Å². The number of hydrogen-bond donors (Lipinski definition) is 0. The highest BCUT2D eigenvalue weighted by atomic mass is 16.2. The van der Waals surface area contributed by atoms with Gasteiger partial charge in [-0.2, -0.15) is 0 Å². The molecule has 3 rings (SSSR count). The van der Waals surface area contributed by atoms with Gasteiger partial charge in [0, 0.05) is 51.7 Å². The van der Waals surface area contributed by atoms with Crippen LogP contribution < -0.4 is 0 Å². The van der Waals surface area contributed by atoms with Gasteiger partial charge in [0.25, 0.3) is 11.8 Å². The second-order valence-electron chi connectivity index (χ2n) is 6.87. The van der Waals surface area contributed by atoms with Crippen LogP contribution >= 0.6 is 0 Å². The Labute approximate surface area is 147 Å². The molecule has 1 aromatic rings. The number of hydrogen-bond acceptors (Lipinski definition) is 4. The van der Waals surface area contributed by atoms with Crippen LogP contribution in [0, 0.1) is 5.92 Å². The van der Waals surface area contributed by atoms with Crippen molar-refractivity contribution in [1.82, 2.24) is 19.7 Å². The van der Waals surface area contributed by atoms with E-state index in [1.54, 1.807) is 15.9 Å². The lowest BCUT2D eigenvalue weighted by atomic mass is 9.98. The maximum atomic E-state index is 12.7. The molecule has 3 heterocycles. The molecule has 2 aliphatic heterocycles. The molecule has 0 aliphatic carbocycles. The summed E-state index contributed by atoms with van der Waals surface area (Å²) in [4.78, 5) is 45.4. The van der Waals surface area contributed by atoms with Crippen LogP contribution in [-0.2, 0) is 4.79 Å². The van der Waals surface area contributed by atoms with E-state index < -0.39 is 0 Å². The highest BCUT2D eigenvalue weighted by Gasteiger charge is 2.25. The van der Waals surface area contributed by atoms with Gasteiger partial charge in [0.1, 0.15) is 0 Å². The first-order chi connectivity index (χ1) is 12.1. The van der Waals surface area contributed by atoms with E-state index in [4.69, 9.17) is 0 Å². The quantitative estimate of drug-likeness (QED) is 0.763. The summed E-state index contributed by atoms with van der Waals surface area (Å²) in [6.45, 7) is 5.78. The molecule has 0 aromatic carbocycles. The van der Waals surface area contributed by atoms with E-state index in [-0.39, 0.29) is 11.8 Å². The summed E-state index contributed by atoms with van der Waals surface area (Å²) in [6.07, 6.45) is 5.87. The molecule has 2 aliphatic rings. The van der Waals surface area contributed by atoms with E-state index in [1.165, 1.54) is 12.4 Å². The molecule has 1 aromatic heterocycles. The van der Waals surface area contributed by atoms with Gasteiger partial charge in [-0.15, -0.1) is 0 Å². The molecule has 0 unspecified atom stereocenters. The summed E-state index contributed by atoms with van der Waals surface area (Å²) in [5.74, 6) is 0.458. The fourth-order valence-corrected chi connectivity index (χ4v) is 3.28. The highest BCUT2D eigenvalue weighted by Crippen LogP contribution is 2.18. The van der Waals surface area contributed by atoms with Crippen molar-refractivity contribution in [1.29, 1.82) is 0 Å². The van der Waals surface area contributed by atoms with E-state index in [0.29, 0.717) is 43.2 Å². The highest BCUT2D eigenvalue weighted by molar-refractivity contribution is 5.99. The first kappa shape index (κ1) is 17.4. The Bertz CT molecular complexity index is 647. The number of piperazine rings is 1. The first-order valence-electron chi connectivity index (χ1n) is 8.81. The van der Waals surface area contributed by atoms with Gasteiger partial charge in [-0.1, -0.05) is 6.92 Å². The summed E-state index contributed by atoms with van der Waals surface area (Å²) in [6, 6.07) is 1.64. The minimum absolute atomic E-state index is 0.0557. The third-order valence-corrected chi connectivity index (χ3v) is 5.05. The van der Waals surface area contributed by atoms with Gasteiger partial charge in [-0.3, -0.25) is 19.4 Å². The van der Waals surface area contributed by atoms with E-state index in [0.717, 1.165) is 32.3 Å².